The maximum Gasteiger partial charge on any atom is 0.261 e. The third-order valence-corrected chi connectivity index (χ3v) is 5.72. The highest BCUT2D eigenvalue weighted by molar-refractivity contribution is 5.77. The van der Waals surface area contributed by atoms with E-state index in [9.17, 15) is 4.79 Å². The SMILES string of the molecule is Cc1nc(CN2CCCC2c2nc3ccccc3c(=O)n2CC2CC2)co1. The van der Waals surface area contributed by atoms with E-state index >= 15 is 0 Å². The number of hydrogen-bond donors (Lipinski definition) is 0. The molecule has 140 valence electrons. The zero-order valence-electron chi connectivity index (χ0n) is 15.6. The van der Waals surface area contributed by atoms with Crippen molar-refractivity contribution in [1.29, 1.82) is 0 Å². The first kappa shape index (κ1) is 16.7. The fraction of sp³-hybridized carbons (Fsp3) is 0.476. The Labute approximate surface area is 157 Å². The van der Waals surface area contributed by atoms with E-state index in [2.05, 4.69) is 9.88 Å². The van der Waals surface area contributed by atoms with Gasteiger partial charge in [-0.3, -0.25) is 14.3 Å². The van der Waals surface area contributed by atoms with E-state index in [0.29, 0.717) is 11.8 Å². The molecule has 6 heteroatoms. The van der Waals surface area contributed by atoms with Crippen LogP contribution in [0, 0.1) is 12.8 Å². The number of aryl methyl sites for hydroxylation is 1. The predicted octanol–water partition coefficient (Wildman–Crippen LogP) is 3.44. The Bertz CT molecular complexity index is 1030. The average Bonchev–Trinajstić information content (AvgIpc) is 3.22. The van der Waals surface area contributed by atoms with Crippen LogP contribution in [0.15, 0.2) is 39.7 Å². The summed E-state index contributed by atoms with van der Waals surface area (Å²) >= 11 is 0. The molecule has 1 aliphatic carbocycles. The Morgan fingerprint density at radius 3 is 2.81 bits per heavy atom. The first-order valence-electron chi connectivity index (χ1n) is 9.83. The molecule has 2 fully saturated rings. The van der Waals surface area contributed by atoms with Crippen LogP contribution in [0.2, 0.25) is 0 Å². The Morgan fingerprint density at radius 1 is 1.19 bits per heavy atom. The largest absolute Gasteiger partial charge is 0.449 e. The van der Waals surface area contributed by atoms with Crippen molar-refractivity contribution in [3.05, 3.63) is 58.3 Å². The van der Waals surface area contributed by atoms with E-state index in [1.54, 1.807) is 6.26 Å². The minimum Gasteiger partial charge on any atom is -0.449 e. The Kier molecular flexibility index (Phi) is 4.08. The first-order chi connectivity index (χ1) is 13.2. The molecule has 1 aliphatic heterocycles. The van der Waals surface area contributed by atoms with E-state index in [0.717, 1.165) is 54.9 Å². The zero-order valence-corrected chi connectivity index (χ0v) is 15.6. The van der Waals surface area contributed by atoms with Gasteiger partial charge in [0.2, 0.25) is 0 Å². The standard InChI is InChI=1S/C21H24N4O2/c1-14-22-16(13-27-14)12-24-10-4-7-19(24)20-23-18-6-3-2-5-17(18)21(26)25(20)11-15-8-9-15/h2-3,5-6,13,15,19H,4,7-12H2,1H3. The van der Waals surface area contributed by atoms with Crippen molar-refractivity contribution in [2.24, 2.45) is 5.92 Å². The minimum absolute atomic E-state index is 0.103. The average molecular weight is 364 g/mol. The summed E-state index contributed by atoms with van der Waals surface area (Å²) in [6, 6.07) is 7.86. The molecule has 0 bridgehead atoms. The molecule has 1 aromatic carbocycles. The van der Waals surface area contributed by atoms with Gasteiger partial charge >= 0.3 is 0 Å². The smallest absolute Gasteiger partial charge is 0.261 e. The van der Waals surface area contributed by atoms with E-state index in [-0.39, 0.29) is 11.6 Å². The van der Waals surface area contributed by atoms with Crippen molar-refractivity contribution in [2.45, 2.75) is 51.7 Å². The molecule has 3 heterocycles. The molecule has 0 radical (unpaired) electrons. The fourth-order valence-corrected chi connectivity index (χ4v) is 4.17. The number of oxazole rings is 1. The normalized spacial score (nSPS) is 20.6. The highest BCUT2D eigenvalue weighted by atomic mass is 16.3. The van der Waals surface area contributed by atoms with Crippen molar-refractivity contribution in [3.8, 4) is 0 Å². The molecule has 2 aromatic heterocycles. The van der Waals surface area contributed by atoms with Gasteiger partial charge in [0.05, 0.1) is 22.6 Å². The Hall–Kier alpha value is -2.47. The molecular weight excluding hydrogens is 340 g/mol. The number of hydrogen-bond acceptors (Lipinski definition) is 5. The summed E-state index contributed by atoms with van der Waals surface area (Å²) in [7, 11) is 0. The predicted molar refractivity (Wildman–Crippen MR) is 102 cm³/mol. The molecule has 27 heavy (non-hydrogen) atoms. The van der Waals surface area contributed by atoms with E-state index in [1.165, 1.54) is 12.8 Å². The lowest BCUT2D eigenvalue weighted by molar-refractivity contribution is 0.229. The van der Waals surface area contributed by atoms with Crippen LogP contribution in [0.5, 0.6) is 0 Å². The molecule has 0 amide bonds. The monoisotopic (exact) mass is 364 g/mol. The molecule has 1 atom stereocenters. The van der Waals surface area contributed by atoms with Crippen LogP contribution < -0.4 is 5.56 Å². The summed E-state index contributed by atoms with van der Waals surface area (Å²) in [6.07, 6.45) is 6.28. The van der Waals surface area contributed by atoms with Crippen molar-refractivity contribution >= 4 is 10.9 Å². The zero-order chi connectivity index (χ0) is 18.4. The van der Waals surface area contributed by atoms with Gasteiger partial charge in [0.15, 0.2) is 5.89 Å². The van der Waals surface area contributed by atoms with Crippen LogP contribution >= 0.6 is 0 Å². The van der Waals surface area contributed by atoms with Crippen LogP contribution in [-0.2, 0) is 13.1 Å². The number of likely N-dealkylation sites (tertiary alicyclic amines) is 1. The molecule has 3 aromatic rings. The molecule has 1 saturated carbocycles. The lowest BCUT2D eigenvalue weighted by atomic mass is 10.1. The summed E-state index contributed by atoms with van der Waals surface area (Å²) in [4.78, 5) is 25.0. The number of fused-ring (bicyclic) bond motifs is 1. The molecule has 1 unspecified atom stereocenters. The van der Waals surface area contributed by atoms with Gasteiger partial charge in [-0.1, -0.05) is 12.1 Å². The van der Waals surface area contributed by atoms with Gasteiger partial charge < -0.3 is 4.42 Å². The number of para-hydroxylation sites is 1. The van der Waals surface area contributed by atoms with Crippen LogP contribution in [0.1, 0.15) is 49.1 Å². The minimum atomic E-state index is 0.103. The van der Waals surface area contributed by atoms with Crippen molar-refractivity contribution < 1.29 is 4.42 Å². The van der Waals surface area contributed by atoms with Crippen LogP contribution in [0.4, 0.5) is 0 Å². The second kappa shape index (κ2) is 6.60. The second-order valence-corrected chi connectivity index (χ2v) is 7.83. The van der Waals surface area contributed by atoms with Gasteiger partial charge in [0.25, 0.3) is 5.56 Å². The van der Waals surface area contributed by atoms with E-state index in [1.807, 2.05) is 35.8 Å². The molecule has 2 aliphatic rings. The fourth-order valence-electron chi connectivity index (χ4n) is 4.17. The Morgan fingerprint density at radius 2 is 2.04 bits per heavy atom. The summed E-state index contributed by atoms with van der Waals surface area (Å²) in [5.74, 6) is 2.23. The highest BCUT2D eigenvalue weighted by Crippen LogP contribution is 2.35. The highest BCUT2D eigenvalue weighted by Gasteiger charge is 2.32. The van der Waals surface area contributed by atoms with Crippen LogP contribution in [0.25, 0.3) is 10.9 Å². The van der Waals surface area contributed by atoms with Gasteiger partial charge in [-0.15, -0.1) is 0 Å². The third-order valence-electron chi connectivity index (χ3n) is 5.72. The number of rotatable bonds is 5. The van der Waals surface area contributed by atoms with Gasteiger partial charge in [0, 0.05) is 20.0 Å². The van der Waals surface area contributed by atoms with Crippen molar-refractivity contribution in [2.75, 3.05) is 6.54 Å². The molecule has 0 spiro atoms. The lowest BCUT2D eigenvalue weighted by Gasteiger charge is -2.26. The molecule has 6 nitrogen and oxygen atoms in total. The summed E-state index contributed by atoms with van der Waals surface area (Å²) < 4.78 is 7.32. The van der Waals surface area contributed by atoms with Crippen LogP contribution in [0.3, 0.4) is 0 Å². The third kappa shape index (κ3) is 3.18. The molecular formula is C21H24N4O2. The quantitative estimate of drug-likeness (QED) is 0.694. The number of benzene rings is 1. The van der Waals surface area contributed by atoms with Gasteiger partial charge in [-0.05, 0) is 50.3 Å². The van der Waals surface area contributed by atoms with E-state index < -0.39 is 0 Å². The molecule has 1 saturated heterocycles. The maximum absolute atomic E-state index is 13.2. The first-order valence-corrected chi connectivity index (χ1v) is 9.83. The van der Waals surface area contributed by atoms with Crippen molar-refractivity contribution in [1.82, 2.24) is 19.4 Å². The van der Waals surface area contributed by atoms with Gasteiger partial charge in [0.1, 0.15) is 12.1 Å². The summed E-state index contributed by atoms with van der Waals surface area (Å²) in [5.41, 5.74) is 1.84. The van der Waals surface area contributed by atoms with Crippen molar-refractivity contribution in [3.63, 3.8) is 0 Å². The molecule has 5 rings (SSSR count). The number of nitrogens with zero attached hydrogens (tertiary/aromatic N) is 4. The summed E-state index contributed by atoms with van der Waals surface area (Å²) in [5, 5.41) is 0.721. The van der Waals surface area contributed by atoms with E-state index in [4.69, 9.17) is 9.40 Å². The maximum atomic E-state index is 13.2. The number of aromatic nitrogens is 3. The van der Waals surface area contributed by atoms with Gasteiger partial charge in [-0.2, -0.15) is 0 Å². The second-order valence-electron chi connectivity index (χ2n) is 7.83. The Balaban J connectivity index is 1.56. The summed E-state index contributed by atoms with van der Waals surface area (Å²) in [6.45, 7) is 4.37. The van der Waals surface area contributed by atoms with Gasteiger partial charge in [-0.25, -0.2) is 9.97 Å². The molecule has 0 N–H and O–H groups in total. The lowest BCUT2D eigenvalue weighted by Crippen LogP contribution is -2.32. The van der Waals surface area contributed by atoms with Crippen LogP contribution in [-0.4, -0.2) is 26.0 Å². The topological polar surface area (TPSA) is 64.2 Å².